The summed E-state index contributed by atoms with van der Waals surface area (Å²) in [6.45, 7) is 5.23. The Kier molecular flexibility index (Phi) is 4.79. The van der Waals surface area contributed by atoms with Crippen molar-refractivity contribution in [3.8, 4) is 0 Å². The Balaban J connectivity index is 1.78. The molecule has 0 spiro atoms. The van der Waals surface area contributed by atoms with Crippen LogP contribution in [-0.2, 0) is 6.54 Å². The molecule has 3 aromatic rings. The minimum atomic E-state index is -0.458. The smallest absolute Gasteiger partial charge is 0.142 e. The second-order valence-corrected chi connectivity index (χ2v) is 7.38. The molecule has 3 aromatic heterocycles. The lowest BCUT2D eigenvalue weighted by Gasteiger charge is -2.15. The van der Waals surface area contributed by atoms with Crippen molar-refractivity contribution in [3.05, 3.63) is 29.2 Å². The number of aliphatic hydroxyl groups is 1. The zero-order valence-corrected chi connectivity index (χ0v) is 15.1. The normalized spacial score (nSPS) is 12.9. The fourth-order valence-electron chi connectivity index (χ4n) is 2.64. The van der Waals surface area contributed by atoms with Gasteiger partial charge in [-0.15, -0.1) is 11.3 Å². The zero-order valence-electron chi connectivity index (χ0n) is 14.3. The van der Waals surface area contributed by atoms with Crippen molar-refractivity contribution in [1.82, 2.24) is 24.6 Å². The van der Waals surface area contributed by atoms with Crippen LogP contribution in [0.15, 0.2) is 18.7 Å². The SMILES string of the molecule is Cc1sc2ncnc(Nc3cnn(C[C@@H](O)CN(C)C)c3)c2c1C. The molecule has 0 aliphatic heterocycles. The van der Waals surface area contributed by atoms with Crippen LogP contribution in [0.2, 0.25) is 0 Å². The summed E-state index contributed by atoms with van der Waals surface area (Å²) in [5.41, 5.74) is 2.04. The molecule has 0 saturated carbocycles. The molecule has 8 heteroatoms. The third-order valence-corrected chi connectivity index (χ3v) is 4.95. The maximum Gasteiger partial charge on any atom is 0.142 e. The minimum absolute atomic E-state index is 0.454. The number of likely N-dealkylation sites (N-methyl/N-ethyl adjacent to an activating group) is 1. The second kappa shape index (κ2) is 6.84. The minimum Gasteiger partial charge on any atom is -0.390 e. The van der Waals surface area contributed by atoms with Crippen molar-refractivity contribution in [2.75, 3.05) is 26.0 Å². The highest BCUT2D eigenvalue weighted by Crippen LogP contribution is 2.33. The molecule has 3 heterocycles. The summed E-state index contributed by atoms with van der Waals surface area (Å²) in [6.07, 6.45) is 4.73. The Bertz CT molecular complexity index is 840. The van der Waals surface area contributed by atoms with Crippen molar-refractivity contribution in [3.63, 3.8) is 0 Å². The van der Waals surface area contributed by atoms with Gasteiger partial charge in [-0.25, -0.2) is 9.97 Å². The van der Waals surface area contributed by atoms with E-state index in [1.165, 1.54) is 10.4 Å². The number of aromatic nitrogens is 4. The molecule has 3 rings (SSSR count). The van der Waals surface area contributed by atoms with Gasteiger partial charge in [-0.3, -0.25) is 4.68 Å². The van der Waals surface area contributed by atoms with Gasteiger partial charge in [0.25, 0.3) is 0 Å². The Hall–Kier alpha value is -2.03. The summed E-state index contributed by atoms with van der Waals surface area (Å²) in [5, 5.41) is 18.7. The first-order valence-corrected chi connectivity index (χ1v) is 8.58. The van der Waals surface area contributed by atoms with Gasteiger partial charge in [-0.1, -0.05) is 0 Å². The molecule has 128 valence electrons. The molecule has 0 aromatic carbocycles. The molecule has 0 aliphatic rings. The lowest BCUT2D eigenvalue weighted by molar-refractivity contribution is 0.116. The van der Waals surface area contributed by atoms with Gasteiger partial charge in [0.15, 0.2) is 0 Å². The topological polar surface area (TPSA) is 79.1 Å². The highest BCUT2D eigenvalue weighted by molar-refractivity contribution is 7.18. The van der Waals surface area contributed by atoms with Crippen molar-refractivity contribution in [1.29, 1.82) is 0 Å². The van der Waals surface area contributed by atoms with Crippen LogP contribution in [0, 0.1) is 13.8 Å². The van der Waals surface area contributed by atoms with Gasteiger partial charge in [-0.2, -0.15) is 5.10 Å². The molecule has 1 atom stereocenters. The largest absolute Gasteiger partial charge is 0.390 e. The summed E-state index contributed by atoms with van der Waals surface area (Å²) in [6, 6.07) is 0. The molecule has 0 fully saturated rings. The molecular formula is C16H22N6OS. The van der Waals surface area contributed by atoms with Gasteiger partial charge in [0.2, 0.25) is 0 Å². The lowest BCUT2D eigenvalue weighted by Crippen LogP contribution is -2.29. The van der Waals surface area contributed by atoms with Crippen LogP contribution in [0.3, 0.4) is 0 Å². The van der Waals surface area contributed by atoms with E-state index < -0.39 is 6.10 Å². The Labute approximate surface area is 145 Å². The summed E-state index contributed by atoms with van der Waals surface area (Å²) >= 11 is 1.67. The number of aliphatic hydroxyl groups excluding tert-OH is 1. The number of fused-ring (bicyclic) bond motifs is 1. The lowest BCUT2D eigenvalue weighted by atomic mass is 10.2. The number of hydrogen-bond donors (Lipinski definition) is 2. The number of rotatable bonds is 6. The average Bonchev–Trinajstić information content (AvgIpc) is 3.04. The van der Waals surface area contributed by atoms with Gasteiger partial charge in [0.1, 0.15) is 17.0 Å². The monoisotopic (exact) mass is 346 g/mol. The first kappa shape index (κ1) is 16.8. The molecule has 24 heavy (non-hydrogen) atoms. The van der Waals surface area contributed by atoms with Crippen LogP contribution >= 0.6 is 11.3 Å². The zero-order chi connectivity index (χ0) is 17.3. The number of anilines is 2. The fourth-order valence-corrected chi connectivity index (χ4v) is 3.63. The predicted molar refractivity (Wildman–Crippen MR) is 97.0 cm³/mol. The van der Waals surface area contributed by atoms with Gasteiger partial charge in [0, 0.05) is 17.6 Å². The van der Waals surface area contributed by atoms with Crippen LogP contribution in [0.25, 0.3) is 10.2 Å². The van der Waals surface area contributed by atoms with Crippen molar-refractivity contribution >= 4 is 33.1 Å². The van der Waals surface area contributed by atoms with Crippen LogP contribution in [-0.4, -0.2) is 56.5 Å². The number of hydrogen-bond acceptors (Lipinski definition) is 7. The molecule has 0 amide bonds. The van der Waals surface area contributed by atoms with E-state index in [0.29, 0.717) is 13.1 Å². The molecule has 7 nitrogen and oxygen atoms in total. The maximum absolute atomic E-state index is 10.0. The van der Waals surface area contributed by atoms with Crippen molar-refractivity contribution < 1.29 is 5.11 Å². The first-order valence-electron chi connectivity index (χ1n) is 7.77. The van der Waals surface area contributed by atoms with Crippen molar-refractivity contribution in [2.45, 2.75) is 26.5 Å². The molecule has 0 radical (unpaired) electrons. The van der Waals surface area contributed by atoms with Crippen molar-refractivity contribution in [2.24, 2.45) is 0 Å². The molecule has 0 aliphatic carbocycles. The van der Waals surface area contributed by atoms with Gasteiger partial charge in [-0.05, 0) is 33.5 Å². The number of aryl methyl sites for hydroxylation is 2. The van der Waals surface area contributed by atoms with Gasteiger partial charge in [0.05, 0.1) is 29.9 Å². The number of nitrogens with zero attached hydrogens (tertiary/aromatic N) is 5. The first-order chi connectivity index (χ1) is 11.4. The summed E-state index contributed by atoms with van der Waals surface area (Å²) in [5.74, 6) is 0.787. The number of nitrogens with one attached hydrogen (secondary N) is 1. The van der Waals surface area contributed by atoms with E-state index in [9.17, 15) is 5.11 Å². The predicted octanol–water partition coefficient (Wildman–Crippen LogP) is 2.17. The fraction of sp³-hybridized carbons (Fsp3) is 0.438. The average molecular weight is 346 g/mol. The van der Waals surface area contributed by atoms with Crippen LogP contribution in [0.4, 0.5) is 11.5 Å². The Morgan fingerprint density at radius 1 is 1.33 bits per heavy atom. The Morgan fingerprint density at radius 2 is 2.12 bits per heavy atom. The summed E-state index contributed by atoms with van der Waals surface area (Å²) < 4.78 is 1.74. The van der Waals surface area contributed by atoms with E-state index in [4.69, 9.17) is 0 Å². The van der Waals surface area contributed by atoms with E-state index in [1.54, 1.807) is 28.5 Å². The molecular weight excluding hydrogens is 324 g/mol. The second-order valence-electron chi connectivity index (χ2n) is 6.18. The van der Waals surface area contributed by atoms with E-state index in [1.807, 2.05) is 25.2 Å². The summed E-state index contributed by atoms with van der Waals surface area (Å²) in [4.78, 5) is 12.9. The van der Waals surface area contributed by atoms with E-state index >= 15 is 0 Å². The van der Waals surface area contributed by atoms with E-state index in [-0.39, 0.29) is 0 Å². The van der Waals surface area contributed by atoms with Crippen LogP contribution in [0.5, 0.6) is 0 Å². The molecule has 0 saturated heterocycles. The standard InChI is InChI=1S/C16H22N6OS/c1-10-11(2)24-16-14(10)15(17-9-18-16)20-12-5-19-22(6-12)8-13(23)7-21(3)4/h5-6,9,13,23H,7-8H2,1-4H3,(H,17,18,20)/t13-/m0/s1. The Morgan fingerprint density at radius 3 is 2.88 bits per heavy atom. The van der Waals surface area contributed by atoms with Gasteiger partial charge >= 0.3 is 0 Å². The van der Waals surface area contributed by atoms with Crippen LogP contribution in [0.1, 0.15) is 10.4 Å². The molecule has 0 unspecified atom stereocenters. The highest BCUT2D eigenvalue weighted by Gasteiger charge is 2.13. The van der Waals surface area contributed by atoms with Gasteiger partial charge < -0.3 is 15.3 Å². The number of thiophene rings is 1. The highest BCUT2D eigenvalue weighted by atomic mass is 32.1. The quantitative estimate of drug-likeness (QED) is 0.712. The third-order valence-electron chi connectivity index (χ3n) is 3.84. The molecule has 0 bridgehead atoms. The maximum atomic E-state index is 10.0. The summed E-state index contributed by atoms with van der Waals surface area (Å²) in [7, 11) is 3.87. The third kappa shape index (κ3) is 3.55. The van der Waals surface area contributed by atoms with E-state index in [0.717, 1.165) is 21.7 Å². The van der Waals surface area contributed by atoms with Crippen LogP contribution < -0.4 is 5.32 Å². The van der Waals surface area contributed by atoms with E-state index in [2.05, 4.69) is 34.2 Å². The molecule has 2 N–H and O–H groups in total.